The first kappa shape index (κ1) is 13.2. The molecule has 1 amide bonds. The smallest absolute Gasteiger partial charge is 0.251 e. The summed E-state index contributed by atoms with van der Waals surface area (Å²) in [6, 6.07) is 4.39. The zero-order valence-electron chi connectivity index (χ0n) is 9.90. The summed E-state index contributed by atoms with van der Waals surface area (Å²) in [7, 11) is 0. The Morgan fingerprint density at radius 1 is 1.44 bits per heavy atom. The van der Waals surface area contributed by atoms with Crippen molar-refractivity contribution < 1.29 is 15.0 Å². The lowest BCUT2D eigenvalue weighted by atomic mass is 10.0. The minimum absolute atomic E-state index is 0.0232. The Morgan fingerprint density at radius 3 is 2.89 bits per heavy atom. The molecule has 1 aliphatic carbocycles. The number of aliphatic hydroxyl groups excluding tert-OH is 1. The number of halogens is 1. The van der Waals surface area contributed by atoms with E-state index >= 15 is 0 Å². The van der Waals surface area contributed by atoms with Gasteiger partial charge in [-0.05, 0) is 31.0 Å². The topological polar surface area (TPSA) is 69.6 Å². The summed E-state index contributed by atoms with van der Waals surface area (Å²) in [5.41, 5.74) is 0.418. The van der Waals surface area contributed by atoms with Gasteiger partial charge in [-0.15, -0.1) is 0 Å². The van der Waals surface area contributed by atoms with Crippen molar-refractivity contribution in [3.63, 3.8) is 0 Å². The highest BCUT2D eigenvalue weighted by atomic mass is 35.5. The third-order valence-electron chi connectivity index (χ3n) is 3.42. The number of amides is 1. The molecule has 0 aliphatic heterocycles. The summed E-state index contributed by atoms with van der Waals surface area (Å²) in [5.74, 6) is -0.119. The summed E-state index contributed by atoms with van der Waals surface area (Å²) in [4.78, 5) is 12.0. The third kappa shape index (κ3) is 2.76. The fourth-order valence-electron chi connectivity index (χ4n) is 2.35. The number of phenols is 1. The molecule has 0 heterocycles. The van der Waals surface area contributed by atoms with Crippen LogP contribution >= 0.6 is 11.6 Å². The monoisotopic (exact) mass is 269 g/mol. The van der Waals surface area contributed by atoms with E-state index in [9.17, 15) is 15.0 Å². The lowest BCUT2D eigenvalue weighted by Crippen LogP contribution is -2.38. The molecule has 0 radical (unpaired) electrons. The molecule has 1 aromatic rings. The second-order valence-electron chi connectivity index (χ2n) is 4.62. The second kappa shape index (κ2) is 5.59. The van der Waals surface area contributed by atoms with Crippen LogP contribution in [0.2, 0.25) is 5.02 Å². The van der Waals surface area contributed by atoms with E-state index in [4.69, 9.17) is 11.6 Å². The van der Waals surface area contributed by atoms with Crippen LogP contribution in [0.15, 0.2) is 18.2 Å². The normalized spacial score (nSPS) is 23.0. The largest absolute Gasteiger partial charge is 0.506 e. The van der Waals surface area contributed by atoms with Crippen molar-refractivity contribution in [1.82, 2.24) is 5.32 Å². The number of hydrogen-bond acceptors (Lipinski definition) is 3. The molecule has 98 valence electrons. The maximum Gasteiger partial charge on any atom is 0.251 e. The molecule has 2 atom stereocenters. The number of aromatic hydroxyl groups is 1. The highest BCUT2D eigenvalue weighted by molar-refractivity contribution is 6.32. The molecule has 1 aromatic carbocycles. The Morgan fingerprint density at radius 2 is 2.22 bits per heavy atom. The summed E-state index contributed by atoms with van der Waals surface area (Å²) in [6.07, 6.45) is 2.85. The van der Waals surface area contributed by atoms with E-state index in [0.29, 0.717) is 5.56 Å². The molecular formula is C13H16ClNO3. The Balaban J connectivity index is 2.05. The molecule has 18 heavy (non-hydrogen) atoms. The highest BCUT2D eigenvalue weighted by Gasteiger charge is 2.28. The molecule has 1 saturated carbocycles. The number of nitrogens with one attached hydrogen (secondary N) is 1. The van der Waals surface area contributed by atoms with Crippen LogP contribution in [0.4, 0.5) is 0 Å². The fraction of sp³-hybridized carbons (Fsp3) is 0.462. The standard InChI is InChI=1S/C13H16ClNO3/c14-10-6-8(4-5-12(10)17)13(18)15-11-3-1-2-9(11)7-16/h4-6,9,11,16-17H,1-3,7H2,(H,15,18). The molecule has 2 rings (SSSR count). The van der Waals surface area contributed by atoms with Gasteiger partial charge in [-0.25, -0.2) is 0 Å². The summed E-state index contributed by atoms with van der Waals surface area (Å²) in [6.45, 7) is 0.0985. The van der Waals surface area contributed by atoms with Gasteiger partial charge in [0.25, 0.3) is 5.91 Å². The first-order valence-corrected chi connectivity index (χ1v) is 6.40. The maximum absolute atomic E-state index is 12.0. The van der Waals surface area contributed by atoms with E-state index in [-0.39, 0.29) is 35.2 Å². The van der Waals surface area contributed by atoms with Crippen molar-refractivity contribution in [2.75, 3.05) is 6.61 Å². The number of hydrogen-bond donors (Lipinski definition) is 3. The summed E-state index contributed by atoms with van der Waals surface area (Å²) >= 11 is 5.76. The maximum atomic E-state index is 12.0. The second-order valence-corrected chi connectivity index (χ2v) is 5.03. The van der Waals surface area contributed by atoms with Crippen molar-refractivity contribution in [2.24, 2.45) is 5.92 Å². The van der Waals surface area contributed by atoms with E-state index in [1.165, 1.54) is 18.2 Å². The number of phenolic OH excluding ortho intramolecular Hbond substituents is 1. The third-order valence-corrected chi connectivity index (χ3v) is 3.72. The van der Waals surface area contributed by atoms with Crippen LogP contribution in [0.1, 0.15) is 29.6 Å². The van der Waals surface area contributed by atoms with E-state index in [1.807, 2.05) is 0 Å². The highest BCUT2D eigenvalue weighted by Crippen LogP contribution is 2.26. The van der Waals surface area contributed by atoms with E-state index in [1.54, 1.807) is 0 Å². The Bertz CT molecular complexity index is 450. The Kier molecular flexibility index (Phi) is 4.09. The van der Waals surface area contributed by atoms with Crippen LogP contribution in [0, 0.1) is 5.92 Å². The Hall–Kier alpha value is -1.26. The molecule has 1 fully saturated rings. The van der Waals surface area contributed by atoms with Gasteiger partial charge in [-0.2, -0.15) is 0 Å². The minimum Gasteiger partial charge on any atom is -0.506 e. The van der Waals surface area contributed by atoms with Crippen molar-refractivity contribution in [3.05, 3.63) is 28.8 Å². The molecule has 1 aliphatic rings. The van der Waals surface area contributed by atoms with Crippen LogP contribution in [0.3, 0.4) is 0 Å². The van der Waals surface area contributed by atoms with Crippen LogP contribution in [0.5, 0.6) is 5.75 Å². The van der Waals surface area contributed by atoms with Crippen LogP contribution in [-0.2, 0) is 0 Å². The summed E-state index contributed by atoms with van der Waals surface area (Å²) in [5, 5.41) is 21.6. The number of carbonyl (C=O) groups excluding carboxylic acids is 1. The molecule has 3 N–H and O–H groups in total. The van der Waals surface area contributed by atoms with Crippen LogP contribution < -0.4 is 5.32 Å². The number of rotatable bonds is 3. The van der Waals surface area contributed by atoms with Gasteiger partial charge in [0.05, 0.1) is 5.02 Å². The molecule has 5 heteroatoms. The van der Waals surface area contributed by atoms with E-state index in [0.717, 1.165) is 19.3 Å². The van der Waals surface area contributed by atoms with Crippen molar-refractivity contribution in [2.45, 2.75) is 25.3 Å². The van der Waals surface area contributed by atoms with Crippen molar-refractivity contribution in [3.8, 4) is 5.75 Å². The molecule has 2 unspecified atom stereocenters. The van der Waals surface area contributed by atoms with Crippen molar-refractivity contribution >= 4 is 17.5 Å². The van der Waals surface area contributed by atoms with Crippen LogP contribution in [0.25, 0.3) is 0 Å². The van der Waals surface area contributed by atoms with Gasteiger partial charge in [0.2, 0.25) is 0 Å². The average molecular weight is 270 g/mol. The molecule has 0 aromatic heterocycles. The molecule has 0 bridgehead atoms. The van der Waals surface area contributed by atoms with Gasteiger partial charge in [-0.3, -0.25) is 4.79 Å². The number of aliphatic hydroxyl groups is 1. The first-order valence-electron chi connectivity index (χ1n) is 6.02. The predicted octanol–water partition coefficient (Wildman–Crippen LogP) is 1.94. The number of benzene rings is 1. The molecule has 0 spiro atoms. The summed E-state index contributed by atoms with van der Waals surface area (Å²) < 4.78 is 0. The average Bonchev–Trinajstić information content (AvgIpc) is 2.79. The van der Waals surface area contributed by atoms with Gasteiger partial charge in [-0.1, -0.05) is 18.0 Å². The predicted molar refractivity (Wildman–Crippen MR) is 68.8 cm³/mol. The lowest BCUT2D eigenvalue weighted by molar-refractivity contribution is 0.0916. The minimum atomic E-state index is -0.220. The van der Waals surface area contributed by atoms with E-state index in [2.05, 4.69) is 5.32 Å². The molecular weight excluding hydrogens is 254 g/mol. The SMILES string of the molecule is O=C(NC1CCCC1CO)c1ccc(O)c(Cl)c1. The molecule has 0 saturated heterocycles. The first-order chi connectivity index (χ1) is 8.61. The van der Waals surface area contributed by atoms with Gasteiger partial charge in [0.1, 0.15) is 5.75 Å². The van der Waals surface area contributed by atoms with Gasteiger partial charge in [0.15, 0.2) is 0 Å². The molecule has 4 nitrogen and oxygen atoms in total. The van der Waals surface area contributed by atoms with Crippen LogP contribution in [-0.4, -0.2) is 28.8 Å². The fourth-order valence-corrected chi connectivity index (χ4v) is 2.53. The van der Waals surface area contributed by atoms with Gasteiger partial charge >= 0.3 is 0 Å². The van der Waals surface area contributed by atoms with E-state index < -0.39 is 0 Å². The van der Waals surface area contributed by atoms with Gasteiger partial charge in [0, 0.05) is 24.1 Å². The van der Waals surface area contributed by atoms with Crippen molar-refractivity contribution in [1.29, 1.82) is 0 Å². The number of carbonyl (C=O) groups is 1. The quantitative estimate of drug-likeness (QED) is 0.785. The Labute approximate surface area is 111 Å². The zero-order valence-corrected chi connectivity index (χ0v) is 10.7. The van der Waals surface area contributed by atoms with Gasteiger partial charge < -0.3 is 15.5 Å². The zero-order chi connectivity index (χ0) is 13.1. The lowest BCUT2D eigenvalue weighted by Gasteiger charge is -2.19.